The molecule has 0 saturated carbocycles. The van der Waals surface area contributed by atoms with Crippen LogP contribution in [0.15, 0.2) is 24.3 Å². The second-order valence-corrected chi connectivity index (χ2v) is 3.97. The lowest BCUT2D eigenvalue weighted by atomic mass is 10.3. The number of hydrogen-bond donors (Lipinski definition) is 1. The van der Waals surface area contributed by atoms with Crippen LogP contribution in [0.4, 0.5) is 0 Å². The van der Waals surface area contributed by atoms with Gasteiger partial charge < -0.3 is 4.74 Å². The van der Waals surface area contributed by atoms with Gasteiger partial charge in [-0.3, -0.25) is 9.63 Å². The van der Waals surface area contributed by atoms with Crippen molar-refractivity contribution in [2.75, 3.05) is 6.61 Å². The molecular formula is C12H16ClNO3. The molecule has 1 aromatic carbocycles. The summed E-state index contributed by atoms with van der Waals surface area (Å²) in [5.74, 6) is 0.279. The molecule has 17 heavy (non-hydrogen) atoms. The predicted octanol–water partition coefficient (Wildman–Crippen LogP) is 2.57. The van der Waals surface area contributed by atoms with Gasteiger partial charge in [0.15, 0.2) is 6.10 Å². The van der Waals surface area contributed by atoms with E-state index in [0.29, 0.717) is 17.4 Å². The Morgan fingerprint density at radius 1 is 1.41 bits per heavy atom. The van der Waals surface area contributed by atoms with Crippen LogP contribution >= 0.6 is 11.6 Å². The molecule has 0 aromatic heterocycles. The number of rotatable bonds is 6. The van der Waals surface area contributed by atoms with Crippen molar-refractivity contribution in [2.45, 2.75) is 26.4 Å². The highest BCUT2D eigenvalue weighted by Gasteiger charge is 2.14. The second kappa shape index (κ2) is 7.14. The molecule has 0 spiro atoms. The van der Waals surface area contributed by atoms with E-state index in [4.69, 9.17) is 21.2 Å². The largest absolute Gasteiger partial charge is 0.481 e. The number of nitrogens with one attached hydrogen (secondary N) is 1. The van der Waals surface area contributed by atoms with Gasteiger partial charge in [0.1, 0.15) is 5.75 Å². The lowest BCUT2D eigenvalue weighted by molar-refractivity contribution is -0.140. The molecule has 1 amide bonds. The van der Waals surface area contributed by atoms with Crippen LogP contribution in [0.3, 0.4) is 0 Å². The summed E-state index contributed by atoms with van der Waals surface area (Å²) in [6, 6.07) is 6.82. The Balaban J connectivity index is 2.40. The Bertz CT molecular complexity index is 353. The van der Waals surface area contributed by atoms with E-state index >= 15 is 0 Å². The first kappa shape index (κ1) is 13.8. The first-order valence-electron chi connectivity index (χ1n) is 5.47. The van der Waals surface area contributed by atoms with Crippen LogP contribution in [-0.2, 0) is 9.63 Å². The van der Waals surface area contributed by atoms with Crippen molar-refractivity contribution in [1.29, 1.82) is 0 Å². The molecular weight excluding hydrogens is 242 g/mol. The summed E-state index contributed by atoms with van der Waals surface area (Å²) < 4.78 is 5.41. The van der Waals surface area contributed by atoms with E-state index in [0.717, 1.165) is 6.42 Å². The summed E-state index contributed by atoms with van der Waals surface area (Å²) in [6.45, 7) is 4.10. The molecule has 0 radical (unpaired) electrons. The van der Waals surface area contributed by atoms with Crippen molar-refractivity contribution in [1.82, 2.24) is 5.48 Å². The van der Waals surface area contributed by atoms with Crippen molar-refractivity contribution in [3.8, 4) is 5.75 Å². The molecule has 4 nitrogen and oxygen atoms in total. The minimum absolute atomic E-state index is 0.312. The Morgan fingerprint density at radius 2 is 2.06 bits per heavy atom. The van der Waals surface area contributed by atoms with E-state index in [2.05, 4.69) is 5.48 Å². The smallest absolute Gasteiger partial charge is 0.284 e. The van der Waals surface area contributed by atoms with Crippen LogP contribution in [0, 0.1) is 0 Å². The average Bonchev–Trinajstić information content (AvgIpc) is 2.32. The molecule has 0 saturated heterocycles. The maximum atomic E-state index is 11.5. The molecule has 1 aromatic rings. The number of hydroxylamine groups is 1. The standard InChI is InChI=1S/C12H16ClNO3/c1-3-8-16-14-12(15)9(2)17-11-6-4-10(13)5-7-11/h4-7,9H,3,8H2,1-2H3,(H,14,15). The van der Waals surface area contributed by atoms with Crippen LogP contribution in [0.1, 0.15) is 20.3 Å². The van der Waals surface area contributed by atoms with Gasteiger partial charge in [-0.05, 0) is 37.6 Å². The van der Waals surface area contributed by atoms with Crippen LogP contribution in [-0.4, -0.2) is 18.6 Å². The molecule has 1 rings (SSSR count). The van der Waals surface area contributed by atoms with Gasteiger partial charge in [-0.15, -0.1) is 0 Å². The molecule has 5 heteroatoms. The Labute approximate surface area is 106 Å². The van der Waals surface area contributed by atoms with Gasteiger partial charge in [0.05, 0.1) is 6.61 Å². The van der Waals surface area contributed by atoms with Crippen molar-refractivity contribution in [3.05, 3.63) is 29.3 Å². The number of benzene rings is 1. The topological polar surface area (TPSA) is 47.6 Å². The molecule has 0 aliphatic rings. The molecule has 0 bridgehead atoms. The van der Waals surface area contributed by atoms with Crippen molar-refractivity contribution in [3.63, 3.8) is 0 Å². The van der Waals surface area contributed by atoms with E-state index in [9.17, 15) is 4.79 Å². The average molecular weight is 258 g/mol. The lowest BCUT2D eigenvalue weighted by Gasteiger charge is -2.14. The predicted molar refractivity (Wildman–Crippen MR) is 65.9 cm³/mol. The molecule has 0 heterocycles. The summed E-state index contributed by atoms with van der Waals surface area (Å²) in [7, 11) is 0. The number of hydrogen-bond acceptors (Lipinski definition) is 3. The number of carbonyl (C=O) groups is 1. The highest BCUT2D eigenvalue weighted by Crippen LogP contribution is 2.16. The van der Waals surface area contributed by atoms with Gasteiger partial charge >= 0.3 is 0 Å². The van der Waals surface area contributed by atoms with Gasteiger partial charge in [-0.2, -0.15) is 0 Å². The maximum Gasteiger partial charge on any atom is 0.284 e. The third-order valence-electron chi connectivity index (χ3n) is 1.97. The number of carbonyl (C=O) groups excluding carboxylic acids is 1. The third kappa shape index (κ3) is 5.06. The lowest BCUT2D eigenvalue weighted by Crippen LogP contribution is -2.36. The fourth-order valence-electron chi connectivity index (χ4n) is 1.08. The molecule has 1 atom stereocenters. The van der Waals surface area contributed by atoms with Gasteiger partial charge in [-0.1, -0.05) is 18.5 Å². The van der Waals surface area contributed by atoms with Crippen molar-refractivity contribution >= 4 is 17.5 Å². The van der Waals surface area contributed by atoms with Gasteiger partial charge in [0, 0.05) is 5.02 Å². The van der Waals surface area contributed by atoms with Gasteiger partial charge in [-0.25, -0.2) is 5.48 Å². The van der Waals surface area contributed by atoms with Crippen molar-refractivity contribution in [2.24, 2.45) is 0 Å². The van der Waals surface area contributed by atoms with Crippen LogP contribution in [0.5, 0.6) is 5.75 Å². The molecule has 1 N–H and O–H groups in total. The van der Waals surface area contributed by atoms with E-state index in [1.165, 1.54) is 0 Å². The SMILES string of the molecule is CCCONC(=O)C(C)Oc1ccc(Cl)cc1. The number of amides is 1. The van der Waals surface area contributed by atoms with Crippen LogP contribution < -0.4 is 10.2 Å². The first-order chi connectivity index (χ1) is 8.13. The minimum Gasteiger partial charge on any atom is -0.481 e. The van der Waals surface area contributed by atoms with E-state index in [-0.39, 0.29) is 5.91 Å². The fourth-order valence-corrected chi connectivity index (χ4v) is 1.20. The van der Waals surface area contributed by atoms with E-state index in [1.807, 2.05) is 6.92 Å². The zero-order valence-corrected chi connectivity index (χ0v) is 10.7. The van der Waals surface area contributed by atoms with Crippen LogP contribution in [0.2, 0.25) is 5.02 Å². The van der Waals surface area contributed by atoms with Gasteiger partial charge in [0.25, 0.3) is 5.91 Å². The first-order valence-corrected chi connectivity index (χ1v) is 5.85. The zero-order valence-electron chi connectivity index (χ0n) is 9.90. The van der Waals surface area contributed by atoms with E-state index in [1.54, 1.807) is 31.2 Å². The Kier molecular flexibility index (Phi) is 5.80. The normalized spacial score (nSPS) is 11.9. The summed E-state index contributed by atoms with van der Waals surface area (Å²) in [5.41, 5.74) is 2.32. The summed E-state index contributed by atoms with van der Waals surface area (Å²) in [6.07, 6.45) is 0.222. The van der Waals surface area contributed by atoms with E-state index < -0.39 is 6.10 Å². The fraction of sp³-hybridized carbons (Fsp3) is 0.417. The van der Waals surface area contributed by atoms with Crippen LogP contribution in [0.25, 0.3) is 0 Å². The zero-order chi connectivity index (χ0) is 12.7. The number of halogens is 1. The van der Waals surface area contributed by atoms with Gasteiger partial charge in [0.2, 0.25) is 0 Å². The molecule has 0 aliphatic heterocycles. The highest BCUT2D eigenvalue weighted by molar-refractivity contribution is 6.30. The Morgan fingerprint density at radius 3 is 2.65 bits per heavy atom. The quantitative estimate of drug-likeness (QED) is 0.629. The monoisotopic (exact) mass is 257 g/mol. The molecule has 0 fully saturated rings. The summed E-state index contributed by atoms with van der Waals surface area (Å²) in [4.78, 5) is 16.4. The summed E-state index contributed by atoms with van der Waals surface area (Å²) >= 11 is 5.74. The summed E-state index contributed by atoms with van der Waals surface area (Å²) in [5, 5.41) is 0.626. The minimum atomic E-state index is -0.618. The highest BCUT2D eigenvalue weighted by atomic mass is 35.5. The second-order valence-electron chi connectivity index (χ2n) is 3.53. The Hall–Kier alpha value is -1.26. The molecule has 0 aliphatic carbocycles. The third-order valence-corrected chi connectivity index (χ3v) is 2.23. The number of ether oxygens (including phenoxy) is 1. The van der Waals surface area contributed by atoms with Crippen molar-refractivity contribution < 1.29 is 14.4 Å². The molecule has 1 unspecified atom stereocenters. The molecule has 94 valence electrons. The maximum absolute atomic E-state index is 11.5.